The molecule has 1 aromatic carbocycles. The second kappa shape index (κ2) is 10.5. The van der Waals surface area contributed by atoms with E-state index in [-0.39, 0.29) is 5.41 Å². The van der Waals surface area contributed by atoms with Gasteiger partial charge in [0.05, 0.1) is 5.69 Å². The van der Waals surface area contributed by atoms with Gasteiger partial charge in [-0.3, -0.25) is 4.98 Å². The molecule has 34 heavy (non-hydrogen) atoms. The summed E-state index contributed by atoms with van der Waals surface area (Å²) in [5.41, 5.74) is 3.18. The maximum Gasteiger partial charge on any atom is 0.133 e. The van der Waals surface area contributed by atoms with E-state index < -0.39 is 5.60 Å². The number of nitrogens with zero attached hydrogens (tertiary/aromatic N) is 1. The summed E-state index contributed by atoms with van der Waals surface area (Å²) in [5, 5.41) is 13.6. The van der Waals surface area contributed by atoms with Crippen molar-refractivity contribution >= 4 is 33.5 Å². The second-order valence-electron chi connectivity index (χ2n) is 10.9. The molecule has 1 saturated carbocycles. The summed E-state index contributed by atoms with van der Waals surface area (Å²) < 4.78 is 0.614. The average Bonchev–Trinajstić information content (AvgIpc) is 3.27. The third kappa shape index (κ3) is 5.43. The number of H-pyrrole nitrogens is 1. The molecule has 1 aliphatic carbocycles. The highest BCUT2D eigenvalue weighted by Gasteiger charge is 2.39. The minimum Gasteiger partial charge on any atom is -0.379 e. The molecule has 5 atom stereocenters. The van der Waals surface area contributed by atoms with Crippen LogP contribution >= 0.6 is 22.6 Å². The third-order valence-electron chi connectivity index (χ3n) is 7.96. The number of hydrogen-bond acceptors (Lipinski definition) is 2. The van der Waals surface area contributed by atoms with Crippen LogP contribution in [0.1, 0.15) is 77.5 Å². The summed E-state index contributed by atoms with van der Waals surface area (Å²) in [4.78, 5) is 7.76. The summed E-state index contributed by atoms with van der Waals surface area (Å²) in [6.45, 7) is 9.41. The van der Waals surface area contributed by atoms with Gasteiger partial charge in [-0.15, -0.1) is 0 Å². The fourth-order valence-electron chi connectivity index (χ4n) is 5.46. The van der Waals surface area contributed by atoms with Gasteiger partial charge in [0.25, 0.3) is 0 Å². The van der Waals surface area contributed by atoms with Crippen LogP contribution in [0.25, 0.3) is 10.9 Å². The summed E-state index contributed by atoms with van der Waals surface area (Å²) in [7, 11) is 0. The molecule has 2 heterocycles. The van der Waals surface area contributed by atoms with Crippen molar-refractivity contribution in [1.29, 1.82) is 0 Å². The van der Waals surface area contributed by atoms with Crippen molar-refractivity contribution in [2.45, 2.75) is 75.7 Å². The first-order chi connectivity index (χ1) is 16.2. The Morgan fingerprint density at radius 3 is 2.71 bits per heavy atom. The van der Waals surface area contributed by atoms with E-state index in [1.807, 2.05) is 24.3 Å². The zero-order valence-electron chi connectivity index (χ0n) is 21.0. The van der Waals surface area contributed by atoms with Crippen molar-refractivity contribution in [3.63, 3.8) is 0 Å². The minimum atomic E-state index is -1.14. The number of aliphatic hydroxyl groups is 1. The molecule has 1 unspecified atom stereocenters. The Kier molecular flexibility index (Phi) is 7.88. The number of halogens is 1. The number of nitrogens with one attached hydrogen (secondary N) is 1. The van der Waals surface area contributed by atoms with Gasteiger partial charge in [-0.25, -0.2) is 0 Å². The summed E-state index contributed by atoms with van der Waals surface area (Å²) in [6, 6.07) is 14.3. The number of alkyl halides is 1. The molecule has 182 valence electrons. The Labute approximate surface area is 218 Å². The number of fused-ring (bicyclic) bond motifs is 1. The molecule has 0 radical (unpaired) electrons. The predicted octanol–water partition coefficient (Wildman–Crippen LogP) is 8.18. The number of para-hydroxylation sites is 1. The van der Waals surface area contributed by atoms with Gasteiger partial charge >= 0.3 is 0 Å². The summed E-state index contributed by atoms with van der Waals surface area (Å²) in [6.07, 6.45) is 12.6. The largest absolute Gasteiger partial charge is 0.379 e. The Morgan fingerprint density at radius 1 is 1.29 bits per heavy atom. The van der Waals surface area contributed by atoms with Crippen molar-refractivity contribution in [1.82, 2.24) is 9.97 Å². The lowest BCUT2D eigenvalue weighted by Gasteiger charge is -2.40. The predicted molar refractivity (Wildman–Crippen MR) is 151 cm³/mol. The van der Waals surface area contributed by atoms with E-state index in [4.69, 9.17) is 0 Å². The van der Waals surface area contributed by atoms with Crippen molar-refractivity contribution in [3.05, 3.63) is 77.8 Å². The summed E-state index contributed by atoms with van der Waals surface area (Å²) >= 11 is 2.68. The van der Waals surface area contributed by atoms with Crippen LogP contribution < -0.4 is 0 Å². The summed E-state index contributed by atoms with van der Waals surface area (Å²) in [5.74, 6) is 1.37. The van der Waals surface area contributed by atoms with Crippen LogP contribution in [0, 0.1) is 17.3 Å². The quantitative estimate of drug-likeness (QED) is 0.163. The van der Waals surface area contributed by atoms with Gasteiger partial charge in [0, 0.05) is 28.3 Å². The lowest BCUT2D eigenvalue weighted by molar-refractivity contribution is 0.0751. The molecule has 3 aromatic rings. The van der Waals surface area contributed by atoms with Gasteiger partial charge in [-0.2, -0.15) is 0 Å². The topological polar surface area (TPSA) is 48.9 Å². The van der Waals surface area contributed by atoms with E-state index in [9.17, 15) is 5.11 Å². The molecular formula is C30H39IN2O. The molecule has 1 aliphatic rings. The molecule has 0 bridgehead atoms. The Bertz CT molecular complexity index is 1090. The molecule has 0 amide bonds. The maximum atomic E-state index is 12.4. The number of hydrogen-bond donors (Lipinski definition) is 2. The SMILES string of the molecule is CC[C@@H](C)C/C(=C\[C@@]1(C)CC[C@H](C)C[C@@H]1I)CC(O)(c1ccncc1)c1cc2ccccc2[nH]1. The van der Waals surface area contributed by atoms with Crippen LogP contribution in [-0.2, 0) is 5.60 Å². The Morgan fingerprint density at radius 2 is 2.03 bits per heavy atom. The van der Waals surface area contributed by atoms with E-state index in [1.165, 1.54) is 24.8 Å². The zero-order valence-corrected chi connectivity index (χ0v) is 23.2. The van der Waals surface area contributed by atoms with Crippen molar-refractivity contribution < 1.29 is 5.11 Å². The molecule has 0 aliphatic heterocycles. The highest BCUT2D eigenvalue weighted by Crippen LogP contribution is 2.47. The van der Waals surface area contributed by atoms with Gasteiger partial charge in [0.1, 0.15) is 5.60 Å². The van der Waals surface area contributed by atoms with Crippen LogP contribution in [0.4, 0.5) is 0 Å². The van der Waals surface area contributed by atoms with Crippen LogP contribution in [0.3, 0.4) is 0 Å². The average molecular weight is 571 g/mol. The van der Waals surface area contributed by atoms with Gasteiger partial charge in [-0.05, 0) is 78.1 Å². The lowest BCUT2D eigenvalue weighted by Crippen LogP contribution is -2.34. The minimum absolute atomic E-state index is 0.162. The lowest BCUT2D eigenvalue weighted by atomic mass is 9.70. The smallest absolute Gasteiger partial charge is 0.133 e. The first-order valence-corrected chi connectivity index (χ1v) is 14.0. The molecule has 2 N–H and O–H groups in total. The van der Waals surface area contributed by atoms with E-state index in [0.29, 0.717) is 16.3 Å². The molecule has 3 nitrogen and oxygen atoms in total. The third-order valence-corrected chi connectivity index (χ3v) is 9.89. The van der Waals surface area contributed by atoms with Crippen molar-refractivity contribution in [2.75, 3.05) is 0 Å². The van der Waals surface area contributed by atoms with Crippen LogP contribution in [0.5, 0.6) is 0 Å². The van der Waals surface area contributed by atoms with Crippen molar-refractivity contribution in [3.8, 4) is 0 Å². The normalized spacial score (nSPS) is 26.4. The number of aromatic nitrogens is 2. The second-order valence-corrected chi connectivity index (χ2v) is 12.4. The Balaban J connectivity index is 1.79. The number of rotatable bonds is 8. The number of benzene rings is 1. The maximum absolute atomic E-state index is 12.4. The highest BCUT2D eigenvalue weighted by molar-refractivity contribution is 14.1. The molecule has 4 rings (SSSR count). The fraction of sp³-hybridized carbons (Fsp3) is 0.500. The number of aromatic amines is 1. The molecule has 2 aromatic heterocycles. The fourth-order valence-corrected chi connectivity index (χ4v) is 6.82. The highest BCUT2D eigenvalue weighted by atomic mass is 127. The van der Waals surface area contributed by atoms with Gasteiger partial charge in [0.2, 0.25) is 0 Å². The first-order valence-electron chi connectivity index (χ1n) is 12.8. The molecule has 1 fully saturated rings. The molecule has 0 saturated heterocycles. The standard InChI is InChI=1S/C30H39IN2O/c1-5-21(2)16-23(19-29(4)13-10-22(3)17-27(29)31)20-30(34,25-11-14-32-15-12-25)28-18-24-8-6-7-9-26(24)33-28/h6-9,11-12,14-15,18-19,21-22,27,33-34H,5,10,13,16-17,20H2,1-4H3/b23-19+/t21-,22+,27+,29-,30?/m1/s1. The van der Waals surface area contributed by atoms with E-state index in [1.54, 1.807) is 12.4 Å². The number of allylic oxidation sites excluding steroid dienone is 1. The molecule has 0 spiro atoms. The van der Waals surface area contributed by atoms with Crippen LogP contribution in [-0.4, -0.2) is 19.0 Å². The van der Waals surface area contributed by atoms with Gasteiger partial charge in [0.15, 0.2) is 0 Å². The van der Waals surface area contributed by atoms with Crippen LogP contribution in [0.2, 0.25) is 0 Å². The van der Waals surface area contributed by atoms with Gasteiger partial charge in [-0.1, -0.05) is 86.6 Å². The zero-order chi connectivity index (χ0) is 24.3. The van der Waals surface area contributed by atoms with E-state index in [0.717, 1.165) is 40.9 Å². The molecule has 4 heteroatoms. The monoisotopic (exact) mass is 570 g/mol. The number of pyridine rings is 1. The van der Waals surface area contributed by atoms with E-state index in [2.05, 4.69) is 84.5 Å². The van der Waals surface area contributed by atoms with E-state index >= 15 is 0 Å². The van der Waals surface area contributed by atoms with Crippen LogP contribution in [0.15, 0.2) is 66.5 Å². The van der Waals surface area contributed by atoms with Gasteiger partial charge < -0.3 is 10.1 Å². The Hall–Kier alpha value is -1.66. The first kappa shape index (κ1) is 25.4. The van der Waals surface area contributed by atoms with Crippen molar-refractivity contribution in [2.24, 2.45) is 17.3 Å². The molecular weight excluding hydrogens is 531 g/mol.